The van der Waals surface area contributed by atoms with E-state index in [0.717, 1.165) is 58.3 Å². The number of carbonyl (C=O) groups is 2. The summed E-state index contributed by atoms with van der Waals surface area (Å²) in [5, 5.41) is 0. The molecule has 0 spiro atoms. The van der Waals surface area contributed by atoms with Crippen molar-refractivity contribution in [1.82, 2.24) is 9.80 Å². The number of hydrogen-bond donors (Lipinski definition) is 0. The molecular weight excluding hydrogens is 252 g/mol. The first-order valence-corrected chi connectivity index (χ1v) is 8.29. The molecule has 4 heteroatoms. The highest BCUT2D eigenvalue weighted by Crippen LogP contribution is 2.26. The molecule has 2 fully saturated rings. The molecule has 0 unspecified atom stereocenters. The van der Waals surface area contributed by atoms with Gasteiger partial charge in [0.1, 0.15) is 0 Å². The van der Waals surface area contributed by atoms with Gasteiger partial charge in [-0.2, -0.15) is 0 Å². The van der Waals surface area contributed by atoms with Crippen LogP contribution in [0.15, 0.2) is 0 Å². The van der Waals surface area contributed by atoms with Gasteiger partial charge in [-0.1, -0.05) is 26.2 Å². The Labute approximate surface area is 122 Å². The van der Waals surface area contributed by atoms with Gasteiger partial charge in [-0.15, -0.1) is 0 Å². The smallest absolute Gasteiger partial charge is 0.225 e. The SMILES string of the molecule is CCCCC(=O)N1CCCN(C(=O)C2CCCC2)CC1. The largest absolute Gasteiger partial charge is 0.341 e. The number of amides is 2. The standard InChI is InChI=1S/C16H28N2O2/c1-2-3-9-15(19)17-10-6-11-18(13-12-17)16(20)14-7-4-5-8-14/h14H,2-13H2,1H3. The van der Waals surface area contributed by atoms with E-state index in [9.17, 15) is 9.59 Å². The fourth-order valence-corrected chi connectivity index (χ4v) is 3.30. The van der Waals surface area contributed by atoms with Crippen LogP contribution < -0.4 is 0 Å². The van der Waals surface area contributed by atoms with Crippen LogP contribution in [0, 0.1) is 5.92 Å². The molecule has 0 aromatic rings. The molecule has 2 amide bonds. The molecule has 0 N–H and O–H groups in total. The van der Waals surface area contributed by atoms with Crippen molar-refractivity contribution < 1.29 is 9.59 Å². The first-order valence-electron chi connectivity index (χ1n) is 8.29. The molecule has 0 aromatic carbocycles. The molecule has 1 heterocycles. The third-order valence-corrected chi connectivity index (χ3v) is 4.61. The summed E-state index contributed by atoms with van der Waals surface area (Å²) in [7, 11) is 0. The summed E-state index contributed by atoms with van der Waals surface area (Å²) >= 11 is 0. The molecule has 4 nitrogen and oxygen atoms in total. The molecule has 1 aliphatic heterocycles. The molecule has 1 aliphatic carbocycles. The first kappa shape index (κ1) is 15.3. The summed E-state index contributed by atoms with van der Waals surface area (Å²) in [6.07, 6.45) is 8.15. The average Bonchev–Trinajstić information content (AvgIpc) is 2.88. The van der Waals surface area contributed by atoms with Crippen LogP contribution in [0.2, 0.25) is 0 Å². The van der Waals surface area contributed by atoms with E-state index >= 15 is 0 Å². The van der Waals surface area contributed by atoms with Crippen LogP contribution in [0.4, 0.5) is 0 Å². The fraction of sp³-hybridized carbons (Fsp3) is 0.875. The molecule has 0 radical (unpaired) electrons. The molecule has 0 atom stereocenters. The van der Waals surface area contributed by atoms with Gasteiger partial charge in [-0.05, 0) is 25.7 Å². The highest BCUT2D eigenvalue weighted by atomic mass is 16.2. The van der Waals surface area contributed by atoms with E-state index in [2.05, 4.69) is 6.92 Å². The maximum absolute atomic E-state index is 12.4. The summed E-state index contributed by atoms with van der Waals surface area (Å²) < 4.78 is 0. The molecule has 1 saturated heterocycles. The lowest BCUT2D eigenvalue weighted by atomic mass is 10.1. The lowest BCUT2D eigenvalue weighted by Gasteiger charge is -2.24. The highest BCUT2D eigenvalue weighted by molar-refractivity contribution is 5.79. The van der Waals surface area contributed by atoms with Gasteiger partial charge < -0.3 is 9.80 Å². The lowest BCUT2D eigenvalue weighted by Crippen LogP contribution is -2.39. The van der Waals surface area contributed by atoms with Gasteiger partial charge in [0, 0.05) is 38.5 Å². The quantitative estimate of drug-likeness (QED) is 0.793. The lowest BCUT2D eigenvalue weighted by molar-refractivity contribution is -0.136. The van der Waals surface area contributed by atoms with E-state index in [1.54, 1.807) is 0 Å². The van der Waals surface area contributed by atoms with E-state index in [-0.39, 0.29) is 11.8 Å². The van der Waals surface area contributed by atoms with Crippen molar-refractivity contribution >= 4 is 11.8 Å². The molecule has 0 aromatic heterocycles. The molecular formula is C16H28N2O2. The van der Waals surface area contributed by atoms with Gasteiger partial charge in [0.25, 0.3) is 0 Å². The van der Waals surface area contributed by atoms with Crippen molar-refractivity contribution in [3.8, 4) is 0 Å². The van der Waals surface area contributed by atoms with Crippen LogP contribution in [-0.4, -0.2) is 47.8 Å². The zero-order valence-corrected chi connectivity index (χ0v) is 12.8. The van der Waals surface area contributed by atoms with E-state index in [0.29, 0.717) is 12.3 Å². The third kappa shape index (κ3) is 3.97. The highest BCUT2D eigenvalue weighted by Gasteiger charge is 2.28. The molecule has 1 saturated carbocycles. The monoisotopic (exact) mass is 280 g/mol. The third-order valence-electron chi connectivity index (χ3n) is 4.61. The summed E-state index contributed by atoms with van der Waals surface area (Å²) in [5.41, 5.74) is 0. The predicted molar refractivity (Wildman–Crippen MR) is 79.3 cm³/mol. The van der Waals surface area contributed by atoms with Gasteiger partial charge in [0.2, 0.25) is 11.8 Å². The van der Waals surface area contributed by atoms with Gasteiger partial charge in [0.05, 0.1) is 0 Å². The van der Waals surface area contributed by atoms with E-state index in [1.807, 2.05) is 9.80 Å². The minimum absolute atomic E-state index is 0.261. The molecule has 0 bridgehead atoms. The maximum atomic E-state index is 12.4. The van der Waals surface area contributed by atoms with Crippen LogP contribution in [-0.2, 0) is 9.59 Å². The summed E-state index contributed by atoms with van der Waals surface area (Å²) in [6.45, 7) is 5.20. The number of hydrogen-bond acceptors (Lipinski definition) is 2. The Morgan fingerprint density at radius 3 is 2.30 bits per heavy atom. The summed E-state index contributed by atoms with van der Waals surface area (Å²) in [6, 6.07) is 0. The van der Waals surface area contributed by atoms with Crippen LogP contribution in [0.5, 0.6) is 0 Å². The van der Waals surface area contributed by atoms with Crippen molar-refractivity contribution in [2.24, 2.45) is 5.92 Å². The van der Waals surface area contributed by atoms with Crippen molar-refractivity contribution in [3.05, 3.63) is 0 Å². The van der Waals surface area contributed by atoms with Crippen molar-refractivity contribution in [3.63, 3.8) is 0 Å². The minimum Gasteiger partial charge on any atom is -0.341 e. The predicted octanol–water partition coefficient (Wildman–Crippen LogP) is 2.43. The Hall–Kier alpha value is -1.06. The Bertz CT molecular complexity index is 337. The zero-order valence-electron chi connectivity index (χ0n) is 12.8. The molecule has 2 aliphatic rings. The Balaban J connectivity index is 1.82. The Morgan fingerprint density at radius 2 is 1.60 bits per heavy atom. The van der Waals surface area contributed by atoms with Crippen LogP contribution >= 0.6 is 0 Å². The molecule has 114 valence electrons. The second-order valence-corrected chi connectivity index (χ2v) is 6.14. The number of unbranched alkanes of at least 4 members (excludes halogenated alkanes) is 1. The number of carbonyl (C=O) groups excluding carboxylic acids is 2. The summed E-state index contributed by atoms with van der Waals surface area (Å²) in [5.74, 6) is 0.865. The van der Waals surface area contributed by atoms with Gasteiger partial charge >= 0.3 is 0 Å². The normalized spacial score (nSPS) is 21.1. The van der Waals surface area contributed by atoms with Crippen molar-refractivity contribution in [1.29, 1.82) is 0 Å². The second-order valence-electron chi connectivity index (χ2n) is 6.14. The van der Waals surface area contributed by atoms with Crippen molar-refractivity contribution in [2.75, 3.05) is 26.2 Å². The second kappa shape index (κ2) is 7.65. The van der Waals surface area contributed by atoms with Gasteiger partial charge in [0.15, 0.2) is 0 Å². The maximum Gasteiger partial charge on any atom is 0.225 e. The zero-order chi connectivity index (χ0) is 14.4. The average molecular weight is 280 g/mol. The topological polar surface area (TPSA) is 40.6 Å². The van der Waals surface area contributed by atoms with Gasteiger partial charge in [-0.3, -0.25) is 9.59 Å². The first-order chi connectivity index (χ1) is 9.72. The molecule has 2 rings (SSSR count). The van der Waals surface area contributed by atoms with E-state index in [4.69, 9.17) is 0 Å². The van der Waals surface area contributed by atoms with Crippen LogP contribution in [0.3, 0.4) is 0 Å². The van der Waals surface area contributed by atoms with E-state index in [1.165, 1.54) is 12.8 Å². The van der Waals surface area contributed by atoms with Crippen LogP contribution in [0.25, 0.3) is 0 Å². The van der Waals surface area contributed by atoms with Crippen molar-refractivity contribution in [2.45, 2.75) is 58.3 Å². The minimum atomic E-state index is 0.261. The van der Waals surface area contributed by atoms with Crippen LogP contribution in [0.1, 0.15) is 58.3 Å². The number of nitrogens with zero attached hydrogens (tertiary/aromatic N) is 2. The number of rotatable bonds is 4. The fourth-order valence-electron chi connectivity index (χ4n) is 3.30. The Morgan fingerprint density at radius 1 is 0.950 bits per heavy atom. The Kier molecular flexibility index (Phi) is 5.86. The van der Waals surface area contributed by atoms with E-state index < -0.39 is 0 Å². The summed E-state index contributed by atoms with van der Waals surface area (Å²) in [4.78, 5) is 28.4. The molecule has 20 heavy (non-hydrogen) atoms. The van der Waals surface area contributed by atoms with Gasteiger partial charge in [-0.25, -0.2) is 0 Å².